The highest BCUT2D eigenvalue weighted by Crippen LogP contribution is 2.19. The van der Waals surface area contributed by atoms with Gasteiger partial charge in [-0.2, -0.15) is 0 Å². The van der Waals surface area contributed by atoms with Crippen molar-refractivity contribution >= 4 is 40.8 Å². The van der Waals surface area contributed by atoms with Crippen LogP contribution in [0.4, 0.5) is 4.39 Å². The Bertz CT molecular complexity index is 888. The minimum absolute atomic E-state index is 0. The molecule has 138 valence electrons. The number of nitrogens with one attached hydrogen (secondary N) is 3. The topological polar surface area (TPSA) is 52.2 Å². The predicted octanol–water partition coefficient (Wildman–Crippen LogP) is 4.14. The first-order valence-corrected chi connectivity index (χ1v) is 8.41. The molecule has 3 N–H and O–H groups in total. The Morgan fingerprint density at radius 2 is 2.00 bits per heavy atom. The number of H-pyrrole nitrogens is 1. The van der Waals surface area contributed by atoms with Crippen LogP contribution in [0.15, 0.2) is 53.7 Å². The summed E-state index contributed by atoms with van der Waals surface area (Å²) < 4.78 is 13.2. The van der Waals surface area contributed by atoms with Crippen molar-refractivity contribution in [3.05, 3.63) is 71.2 Å². The lowest BCUT2D eigenvalue weighted by atomic mass is 10.1. The van der Waals surface area contributed by atoms with Gasteiger partial charge in [0.2, 0.25) is 0 Å². The van der Waals surface area contributed by atoms with E-state index in [1.54, 1.807) is 13.1 Å². The summed E-state index contributed by atoms with van der Waals surface area (Å²) in [5.74, 6) is 0.483. The Morgan fingerprint density at radius 3 is 2.77 bits per heavy atom. The molecule has 0 bridgehead atoms. The monoisotopic (exact) mass is 466 g/mol. The Kier molecular flexibility index (Phi) is 7.44. The number of rotatable bonds is 5. The number of aliphatic imine (C=N–C) groups is 1. The molecule has 2 aromatic carbocycles. The number of guanidine groups is 1. The summed E-state index contributed by atoms with van der Waals surface area (Å²) >= 11 is 0. The minimum atomic E-state index is -0.225. The average Bonchev–Trinajstić information content (AvgIpc) is 3.00. The van der Waals surface area contributed by atoms with Gasteiger partial charge in [-0.1, -0.05) is 24.3 Å². The molecule has 0 radical (unpaired) electrons. The molecule has 0 spiro atoms. The number of hydrogen-bond acceptors (Lipinski definition) is 1. The summed E-state index contributed by atoms with van der Waals surface area (Å²) in [7, 11) is 1.73. The maximum atomic E-state index is 13.2. The molecule has 0 saturated heterocycles. The van der Waals surface area contributed by atoms with Crippen LogP contribution >= 0.6 is 24.0 Å². The van der Waals surface area contributed by atoms with Crippen molar-refractivity contribution in [1.29, 1.82) is 0 Å². The molecule has 0 aliphatic heterocycles. The van der Waals surface area contributed by atoms with E-state index in [-0.39, 0.29) is 29.8 Å². The van der Waals surface area contributed by atoms with E-state index in [1.807, 2.05) is 6.07 Å². The van der Waals surface area contributed by atoms with Crippen molar-refractivity contribution in [1.82, 2.24) is 15.6 Å². The molecule has 0 aliphatic rings. The zero-order valence-corrected chi connectivity index (χ0v) is 17.3. The molecule has 1 aromatic heterocycles. The second-order valence-electron chi connectivity index (χ2n) is 6.10. The van der Waals surface area contributed by atoms with Crippen LogP contribution in [-0.4, -0.2) is 24.5 Å². The summed E-state index contributed by atoms with van der Waals surface area (Å²) in [5, 5.41) is 7.76. The van der Waals surface area contributed by atoms with Gasteiger partial charge in [0.1, 0.15) is 5.82 Å². The zero-order chi connectivity index (χ0) is 17.6. The largest absolute Gasteiger partial charge is 0.361 e. The molecule has 0 aliphatic carbocycles. The quantitative estimate of drug-likeness (QED) is 0.301. The number of aromatic amines is 1. The van der Waals surface area contributed by atoms with Gasteiger partial charge in [0.25, 0.3) is 0 Å². The van der Waals surface area contributed by atoms with Gasteiger partial charge in [-0.05, 0) is 48.2 Å². The molecular weight excluding hydrogens is 442 g/mol. The van der Waals surface area contributed by atoms with Crippen LogP contribution in [0.2, 0.25) is 0 Å². The number of aryl methyl sites for hydroxylation is 1. The van der Waals surface area contributed by atoms with Gasteiger partial charge in [0, 0.05) is 37.2 Å². The highest BCUT2D eigenvalue weighted by atomic mass is 127. The summed E-state index contributed by atoms with van der Waals surface area (Å²) in [6.07, 6.45) is 2.96. The van der Waals surface area contributed by atoms with E-state index >= 15 is 0 Å². The maximum absolute atomic E-state index is 13.2. The third kappa shape index (κ3) is 5.20. The second kappa shape index (κ2) is 9.56. The van der Waals surface area contributed by atoms with Crippen molar-refractivity contribution in [2.45, 2.75) is 19.9 Å². The lowest BCUT2D eigenvalue weighted by molar-refractivity contribution is 0.624. The molecule has 0 amide bonds. The Balaban J connectivity index is 0.00000243. The smallest absolute Gasteiger partial charge is 0.191 e. The minimum Gasteiger partial charge on any atom is -0.361 e. The fourth-order valence-corrected chi connectivity index (χ4v) is 2.88. The first-order chi connectivity index (χ1) is 12.2. The van der Waals surface area contributed by atoms with Gasteiger partial charge in [0.05, 0.1) is 0 Å². The Hall–Kier alpha value is -2.09. The lowest BCUT2D eigenvalue weighted by Gasteiger charge is -2.12. The van der Waals surface area contributed by atoms with Crippen molar-refractivity contribution in [3.63, 3.8) is 0 Å². The molecule has 0 unspecified atom stereocenters. The van der Waals surface area contributed by atoms with Gasteiger partial charge < -0.3 is 15.6 Å². The van der Waals surface area contributed by atoms with E-state index in [0.29, 0.717) is 12.5 Å². The van der Waals surface area contributed by atoms with E-state index < -0.39 is 0 Å². The number of halogens is 2. The first-order valence-electron chi connectivity index (χ1n) is 8.41. The fourth-order valence-electron chi connectivity index (χ4n) is 2.88. The molecule has 3 rings (SSSR count). The molecule has 0 saturated carbocycles. The zero-order valence-electron chi connectivity index (χ0n) is 15.0. The second-order valence-corrected chi connectivity index (χ2v) is 6.10. The molecule has 26 heavy (non-hydrogen) atoms. The highest BCUT2D eigenvalue weighted by molar-refractivity contribution is 14.0. The van der Waals surface area contributed by atoms with E-state index in [9.17, 15) is 4.39 Å². The summed E-state index contributed by atoms with van der Waals surface area (Å²) in [5.41, 5.74) is 4.59. The first kappa shape index (κ1) is 20.2. The highest BCUT2D eigenvalue weighted by Gasteiger charge is 2.04. The average molecular weight is 466 g/mol. The number of benzene rings is 2. The standard InChI is InChI=1S/C20H23FN4.HI/c1-14-6-7-18-16(13-24-19(18)10-14)8-9-23-20(22-2)25-12-15-4-3-5-17(21)11-15;/h3-7,10-11,13,24H,8-9,12H2,1-2H3,(H2,22,23,25);1H. The van der Waals surface area contributed by atoms with Crippen molar-refractivity contribution < 1.29 is 4.39 Å². The van der Waals surface area contributed by atoms with Gasteiger partial charge >= 0.3 is 0 Å². The van der Waals surface area contributed by atoms with E-state index in [1.165, 1.54) is 34.2 Å². The van der Waals surface area contributed by atoms with E-state index in [4.69, 9.17) is 0 Å². The van der Waals surface area contributed by atoms with Crippen LogP contribution < -0.4 is 10.6 Å². The van der Waals surface area contributed by atoms with Crippen molar-refractivity contribution in [3.8, 4) is 0 Å². The molecular formula is C20H24FIN4. The summed E-state index contributed by atoms with van der Waals surface area (Å²) in [4.78, 5) is 7.54. The molecule has 0 fully saturated rings. The Morgan fingerprint density at radius 1 is 1.15 bits per heavy atom. The molecule has 1 heterocycles. The number of hydrogen-bond donors (Lipinski definition) is 3. The van der Waals surface area contributed by atoms with Gasteiger partial charge in [-0.25, -0.2) is 4.39 Å². The molecule has 0 atom stereocenters. The van der Waals surface area contributed by atoms with Crippen LogP contribution in [0.25, 0.3) is 10.9 Å². The van der Waals surface area contributed by atoms with Crippen LogP contribution in [-0.2, 0) is 13.0 Å². The predicted molar refractivity (Wildman–Crippen MR) is 117 cm³/mol. The SMILES string of the molecule is CN=C(NCCc1c[nH]c2cc(C)ccc12)NCc1cccc(F)c1.I. The summed E-state index contributed by atoms with van der Waals surface area (Å²) in [6, 6.07) is 13.0. The van der Waals surface area contributed by atoms with Gasteiger partial charge in [-0.15, -0.1) is 24.0 Å². The number of fused-ring (bicyclic) bond motifs is 1. The van der Waals surface area contributed by atoms with Crippen molar-refractivity contribution in [2.75, 3.05) is 13.6 Å². The van der Waals surface area contributed by atoms with Crippen LogP contribution in [0.3, 0.4) is 0 Å². The molecule has 4 nitrogen and oxygen atoms in total. The number of aromatic nitrogens is 1. The maximum Gasteiger partial charge on any atom is 0.191 e. The van der Waals surface area contributed by atoms with Gasteiger partial charge in [0.15, 0.2) is 5.96 Å². The molecule has 3 aromatic rings. The fraction of sp³-hybridized carbons (Fsp3) is 0.250. The van der Waals surface area contributed by atoms with Crippen LogP contribution in [0.5, 0.6) is 0 Å². The lowest BCUT2D eigenvalue weighted by Crippen LogP contribution is -2.37. The van der Waals surface area contributed by atoms with Crippen LogP contribution in [0, 0.1) is 12.7 Å². The van der Waals surface area contributed by atoms with Gasteiger partial charge in [-0.3, -0.25) is 4.99 Å². The Labute approximate surface area is 170 Å². The van der Waals surface area contributed by atoms with Crippen molar-refractivity contribution in [2.24, 2.45) is 4.99 Å². The summed E-state index contributed by atoms with van der Waals surface area (Å²) in [6.45, 7) is 3.39. The van der Waals surface area contributed by atoms with E-state index in [2.05, 4.69) is 51.9 Å². The third-order valence-corrected chi connectivity index (χ3v) is 4.18. The van der Waals surface area contributed by atoms with E-state index in [0.717, 1.165) is 18.5 Å². The van der Waals surface area contributed by atoms with Crippen LogP contribution in [0.1, 0.15) is 16.7 Å². The normalized spacial score (nSPS) is 11.3. The third-order valence-electron chi connectivity index (χ3n) is 4.18. The number of nitrogens with zero attached hydrogens (tertiary/aromatic N) is 1. The molecule has 6 heteroatoms.